The van der Waals surface area contributed by atoms with Gasteiger partial charge in [0, 0.05) is 5.56 Å². The summed E-state index contributed by atoms with van der Waals surface area (Å²) in [4.78, 5) is 0. The van der Waals surface area contributed by atoms with Crippen LogP contribution in [0.5, 0.6) is 11.5 Å². The highest BCUT2D eigenvalue weighted by Crippen LogP contribution is 2.41. The fraction of sp³-hybridized carbons (Fsp3) is 0.400. The van der Waals surface area contributed by atoms with Gasteiger partial charge in [-0.05, 0) is 30.4 Å². The molecule has 6 heteroatoms. The molecular weight excluding hydrogens is 288 g/mol. The van der Waals surface area contributed by atoms with E-state index in [2.05, 4.69) is 5.16 Å². The zero-order chi connectivity index (χ0) is 14.7. The molecule has 112 valence electrons. The van der Waals surface area contributed by atoms with Crippen molar-refractivity contribution in [3.8, 4) is 22.6 Å². The third-order valence-electron chi connectivity index (χ3n) is 3.53. The summed E-state index contributed by atoms with van der Waals surface area (Å²) in [6.07, 6.45) is 3.96. The third kappa shape index (κ3) is 2.95. The van der Waals surface area contributed by atoms with E-state index in [1.165, 1.54) is 0 Å². The summed E-state index contributed by atoms with van der Waals surface area (Å²) >= 11 is 1.97. The maximum atomic E-state index is 6.13. The number of benzene rings is 1. The number of thioether (sulfide) groups is 1. The van der Waals surface area contributed by atoms with Gasteiger partial charge in [0.15, 0.2) is 11.5 Å². The number of nitrogens with two attached hydrogens (primary N) is 1. The summed E-state index contributed by atoms with van der Waals surface area (Å²) in [5.41, 5.74) is 7.35. The lowest BCUT2D eigenvalue weighted by Crippen LogP contribution is -2.22. The van der Waals surface area contributed by atoms with Gasteiger partial charge in [0.25, 0.3) is 0 Å². The molecule has 1 aromatic heterocycles. The molecule has 0 saturated carbocycles. The van der Waals surface area contributed by atoms with Crippen LogP contribution in [0.4, 0.5) is 5.88 Å². The maximum Gasteiger partial charge on any atom is 0.230 e. The van der Waals surface area contributed by atoms with E-state index < -0.39 is 0 Å². The molecule has 0 bridgehead atoms. The van der Waals surface area contributed by atoms with Crippen molar-refractivity contribution in [1.82, 2.24) is 5.16 Å². The van der Waals surface area contributed by atoms with E-state index in [9.17, 15) is 0 Å². The van der Waals surface area contributed by atoms with Crippen LogP contribution in [0.25, 0.3) is 11.1 Å². The van der Waals surface area contributed by atoms with E-state index in [0.717, 1.165) is 41.2 Å². The van der Waals surface area contributed by atoms with Crippen LogP contribution < -0.4 is 15.2 Å². The van der Waals surface area contributed by atoms with Gasteiger partial charge in [0.05, 0.1) is 18.9 Å². The van der Waals surface area contributed by atoms with Gasteiger partial charge >= 0.3 is 0 Å². The minimum atomic E-state index is 0.246. The van der Waals surface area contributed by atoms with E-state index in [1.54, 1.807) is 13.3 Å². The van der Waals surface area contributed by atoms with Crippen LogP contribution in [-0.2, 0) is 0 Å². The molecule has 1 aliphatic rings. The van der Waals surface area contributed by atoms with Crippen LogP contribution in [0, 0.1) is 0 Å². The second-order valence-corrected chi connectivity index (χ2v) is 6.10. The molecule has 1 fully saturated rings. The Kier molecular flexibility index (Phi) is 4.24. The molecule has 0 aliphatic carbocycles. The van der Waals surface area contributed by atoms with Crippen molar-refractivity contribution >= 4 is 17.6 Å². The lowest BCUT2D eigenvalue weighted by atomic mass is 10.1. The lowest BCUT2D eigenvalue weighted by Gasteiger charge is -2.24. The largest absolute Gasteiger partial charge is 0.492 e. The number of nitrogen functional groups attached to an aromatic ring is 1. The number of methoxy groups -OCH3 is 1. The van der Waals surface area contributed by atoms with Gasteiger partial charge < -0.3 is 19.7 Å². The van der Waals surface area contributed by atoms with E-state index in [4.69, 9.17) is 19.7 Å². The van der Waals surface area contributed by atoms with Gasteiger partial charge in [-0.25, -0.2) is 0 Å². The Morgan fingerprint density at radius 3 is 2.76 bits per heavy atom. The monoisotopic (exact) mass is 306 g/mol. The molecule has 2 heterocycles. The molecule has 1 aliphatic heterocycles. The highest BCUT2D eigenvalue weighted by atomic mass is 32.2. The molecule has 0 atom stereocenters. The van der Waals surface area contributed by atoms with Gasteiger partial charge in [-0.15, -0.1) is 0 Å². The van der Waals surface area contributed by atoms with Crippen molar-refractivity contribution in [3.63, 3.8) is 0 Å². The maximum absolute atomic E-state index is 6.13. The Hall–Kier alpha value is -1.82. The van der Waals surface area contributed by atoms with Crippen LogP contribution >= 0.6 is 11.8 Å². The Labute approximate surface area is 127 Å². The summed E-state index contributed by atoms with van der Waals surface area (Å²) in [5, 5.41) is 3.72. The molecule has 1 aromatic carbocycles. The quantitative estimate of drug-likeness (QED) is 0.935. The van der Waals surface area contributed by atoms with Crippen molar-refractivity contribution in [2.24, 2.45) is 0 Å². The fourth-order valence-corrected chi connectivity index (χ4v) is 3.52. The molecule has 0 spiro atoms. The molecule has 0 radical (unpaired) electrons. The van der Waals surface area contributed by atoms with Crippen molar-refractivity contribution in [1.29, 1.82) is 0 Å². The summed E-state index contributed by atoms with van der Waals surface area (Å²) < 4.78 is 16.6. The first kappa shape index (κ1) is 14.1. The molecule has 2 aromatic rings. The number of rotatable bonds is 4. The Morgan fingerprint density at radius 1 is 1.29 bits per heavy atom. The Morgan fingerprint density at radius 2 is 2.10 bits per heavy atom. The first-order chi connectivity index (χ1) is 10.3. The first-order valence-corrected chi connectivity index (χ1v) is 8.07. The van der Waals surface area contributed by atoms with Gasteiger partial charge in [0.2, 0.25) is 5.88 Å². The van der Waals surface area contributed by atoms with Crippen LogP contribution in [0.1, 0.15) is 12.8 Å². The smallest absolute Gasteiger partial charge is 0.230 e. The average molecular weight is 306 g/mol. The van der Waals surface area contributed by atoms with E-state index >= 15 is 0 Å². The van der Waals surface area contributed by atoms with Crippen molar-refractivity contribution in [2.75, 3.05) is 24.3 Å². The molecule has 0 amide bonds. The summed E-state index contributed by atoms with van der Waals surface area (Å²) in [6.45, 7) is 0. The summed E-state index contributed by atoms with van der Waals surface area (Å²) in [5.74, 6) is 3.98. The second kappa shape index (κ2) is 6.30. The van der Waals surface area contributed by atoms with Crippen LogP contribution in [0.3, 0.4) is 0 Å². The number of aromatic nitrogens is 1. The first-order valence-electron chi connectivity index (χ1n) is 6.91. The lowest BCUT2D eigenvalue weighted by molar-refractivity contribution is 0.185. The molecule has 0 unspecified atom stereocenters. The highest BCUT2D eigenvalue weighted by Gasteiger charge is 2.20. The predicted octanol–water partition coefficient (Wildman–Crippen LogP) is 3.21. The van der Waals surface area contributed by atoms with Gasteiger partial charge in [0.1, 0.15) is 6.10 Å². The van der Waals surface area contributed by atoms with Crippen molar-refractivity contribution in [2.45, 2.75) is 18.9 Å². The van der Waals surface area contributed by atoms with Crippen LogP contribution in [0.2, 0.25) is 0 Å². The molecular formula is C15H18N2O3S. The van der Waals surface area contributed by atoms with Crippen molar-refractivity contribution in [3.05, 3.63) is 24.4 Å². The average Bonchev–Trinajstić information content (AvgIpc) is 2.94. The highest BCUT2D eigenvalue weighted by molar-refractivity contribution is 7.99. The third-order valence-corrected chi connectivity index (χ3v) is 4.58. The second-order valence-electron chi connectivity index (χ2n) is 4.87. The minimum Gasteiger partial charge on any atom is -0.492 e. The molecule has 1 saturated heterocycles. The van der Waals surface area contributed by atoms with Crippen LogP contribution in [-0.4, -0.2) is 29.9 Å². The number of nitrogens with zero attached hydrogens (tertiary/aromatic N) is 1. The summed E-state index contributed by atoms with van der Waals surface area (Å²) in [7, 11) is 1.63. The predicted molar refractivity (Wildman–Crippen MR) is 83.9 cm³/mol. The van der Waals surface area contributed by atoms with E-state index in [1.807, 2.05) is 30.0 Å². The topological polar surface area (TPSA) is 70.5 Å². The zero-order valence-corrected chi connectivity index (χ0v) is 12.7. The number of para-hydroxylation sites is 1. The van der Waals surface area contributed by atoms with Gasteiger partial charge in [-0.1, -0.05) is 17.3 Å². The zero-order valence-electron chi connectivity index (χ0n) is 11.9. The van der Waals surface area contributed by atoms with Gasteiger partial charge in [-0.2, -0.15) is 11.8 Å². The van der Waals surface area contributed by atoms with Crippen LogP contribution in [0.15, 0.2) is 28.9 Å². The van der Waals surface area contributed by atoms with Crippen molar-refractivity contribution < 1.29 is 14.0 Å². The molecule has 3 rings (SSSR count). The molecule has 5 nitrogen and oxygen atoms in total. The normalized spacial score (nSPS) is 15.9. The summed E-state index contributed by atoms with van der Waals surface area (Å²) in [6, 6.07) is 5.77. The fourth-order valence-electron chi connectivity index (χ4n) is 2.46. The van der Waals surface area contributed by atoms with Gasteiger partial charge in [-0.3, -0.25) is 0 Å². The molecule has 2 N–H and O–H groups in total. The van der Waals surface area contributed by atoms with E-state index in [-0.39, 0.29) is 12.0 Å². The van der Waals surface area contributed by atoms with E-state index in [0.29, 0.717) is 5.75 Å². The standard InChI is InChI=1S/C15H18N2O3S/c1-18-14-11(12-9-17-20-15(12)16)3-2-4-13(14)19-10-5-7-21-8-6-10/h2-4,9-10H,5-8,16H2,1H3. The Balaban J connectivity index is 1.92. The number of hydrogen-bond donors (Lipinski definition) is 1. The minimum absolute atomic E-state index is 0.246. The number of ether oxygens (including phenoxy) is 2. The molecule has 21 heavy (non-hydrogen) atoms. The number of anilines is 1. The Bertz CT molecular complexity index is 609. The SMILES string of the molecule is COc1c(OC2CCSCC2)cccc1-c1cnoc1N. The number of hydrogen-bond acceptors (Lipinski definition) is 6.